The van der Waals surface area contributed by atoms with E-state index in [1.807, 2.05) is 71.8 Å². The van der Waals surface area contributed by atoms with Crippen molar-refractivity contribution in [3.8, 4) is 34.9 Å². The first-order valence-corrected chi connectivity index (χ1v) is 17.5. The van der Waals surface area contributed by atoms with Crippen LogP contribution in [0.1, 0.15) is 0 Å². The molecule has 4 heterocycles. The first kappa shape index (κ1) is 28.4. The number of benzene rings is 3. The van der Waals surface area contributed by atoms with Crippen molar-refractivity contribution in [1.82, 2.24) is 19.1 Å². The van der Waals surface area contributed by atoms with Crippen molar-refractivity contribution in [2.75, 3.05) is 12.5 Å². The second kappa shape index (κ2) is 12.0. The molecule has 7 aromatic rings. The van der Waals surface area contributed by atoms with E-state index in [0.29, 0.717) is 43.3 Å². The molecular weight excluding hydrogens is 633 g/mol. The SMILES string of the molecule is CSc1ccc(Oc2nc3ccsc3c(=O)n2-c2ccc(-n3c(Oc4ccc(SC)cc4)nc4ccsc4c3=O)cc2)cc1. The van der Waals surface area contributed by atoms with E-state index in [2.05, 4.69) is 9.97 Å². The number of ether oxygens (including phenoxy) is 2. The summed E-state index contributed by atoms with van der Waals surface area (Å²) in [6.45, 7) is 0. The molecule has 0 saturated carbocycles. The number of thiophene rings is 2. The van der Waals surface area contributed by atoms with Gasteiger partial charge in [0.1, 0.15) is 20.9 Å². The number of rotatable bonds is 8. The summed E-state index contributed by atoms with van der Waals surface area (Å²) in [5.41, 5.74) is 1.71. The van der Waals surface area contributed by atoms with Gasteiger partial charge in [0, 0.05) is 9.79 Å². The van der Waals surface area contributed by atoms with Gasteiger partial charge in [-0.05, 0) is 108 Å². The number of aromatic nitrogens is 4. The highest BCUT2D eigenvalue weighted by Gasteiger charge is 2.19. The Morgan fingerprint density at radius 3 is 1.32 bits per heavy atom. The van der Waals surface area contributed by atoms with Gasteiger partial charge in [-0.3, -0.25) is 9.59 Å². The van der Waals surface area contributed by atoms with E-state index in [0.717, 1.165) is 9.79 Å². The Balaban J connectivity index is 1.31. The van der Waals surface area contributed by atoms with Crippen LogP contribution in [0.3, 0.4) is 0 Å². The minimum Gasteiger partial charge on any atom is -0.425 e. The Hall–Kier alpha value is -4.36. The summed E-state index contributed by atoms with van der Waals surface area (Å²) in [5, 5.41) is 3.67. The van der Waals surface area contributed by atoms with E-state index in [1.165, 1.54) is 31.8 Å². The van der Waals surface area contributed by atoms with Gasteiger partial charge in [-0.2, -0.15) is 9.97 Å². The van der Waals surface area contributed by atoms with Crippen LogP contribution in [-0.4, -0.2) is 31.6 Å². The molecule has 0 bridgehead atoms. The lowest BCUT2D eigenvalue weighted by Crippen LogP contribution is -2.22. The predicted molar refractivity (Wildman–Crippen MR) is 181 cm³/mol. The molecule has 0 aliphatic rings. The molecule has 3 aromatic carbocycles. The molecule has 12 heteroatoms. The van der Waals surface area contributed by atoms with Crippen LogP contribution in [0, 0.1) is 0 Å². The summed E-state index contributed by atoms with van der Waals surface area (Å²) in [6, 6.07) is 26.1. The molecule has 8 nitrogen and oxygen atoms in total. The predicted octanol–water partition coefficient (Wildman–Crippen LogP) is 8.24. The quantitative estimate of drug-likeness (QED) is 0.152. The summed E-state index contributed by atoms with van der Waals surface area (Å²) >= 11 is 5.92. The normalized spacial score (nSPS) is 11.3. The van der Waals surface area contributed by atoms with Gasteiger partial charge in [-0.25, -0.2) is 9.13 Å². The Morgan fingerprint density at radius 2 is 0.955 bits per heavy atom. The topological polar surface area (TPSA) is 88.2 Å². The average Bonchev–Trinajstić information content (AvgIpc) is 3.73. The van der Waals surface area contributed by atoms with Crippen molar-refractivity contribution >= 4 is 66.6 Å². The number of hydrogen-bond acceptors (Lipinski definition) is 10. The molecule has 0 aliphatic carbocycles. The highest BCUT2D eigenvalue weighted by Crippen LogP contribution is 2.30. The maximum atomic E-state index is 13.7. The van der Waals surface area contributed by atoms with E-state index in [4.69, 9.17) is 9.47 Å². The molecule has 0 aliphatic heterocycles. The molecule has 0 unspecified atom stereocenters. The van der Waals surface area contributed by atoms with Crippen LogP contribution in [0.25, 0.3) is 31.8 Å². The average molecular weight is 655 g/mol. The van der Waals surface area contributed by atoms with Crippen LogP contribution >= 0.6 is 46.2 Å². The van der Waals surface area contributed by atoms with Gasteiger partial charge in [-0.1, -0.05) is 0 Å². The monoisotopic (exact) mass is 654 g/mol. The second-order valence-corrected chi connectivity index (χ2v) is 13.0. The lowest BCUT2D eigenvalue weighted by Gasteiger charge is -2.15. The molecule has 0 radical (unpaired) electrons. The van der Waals surface area contributed by atoms with Gasteiger partial charge in [0.2, 0.25) is 0 Å². The van der Waals surface area contributed by atoms with Gasteiger partial charge in [0.25, 0.3) is 11.1 Å². The van der Waals surface area contributed by atoms with Crippen molar-refractivity contribution in [3.63, 3.8) is 0 Å². The number of thioether (sulfide) groups is 2. The zero-order chi connectivity index (χ0) is 30.2. The smallest absolute Gasteiger partial charge is 0.310 e. The summed E-state index contributed by atoms with van der Waals surface area (Å²) in [5.74, 6) is 1.12. The minimum absolute atomic E-state index is 0.141. The zero-order valence-corrected chi connectivity index (χ0v) is 26.6. The third-order valence-corrected chi connectivity index (χ3v) is 10.1. The molecule has 44 heavy (non-hydrogen) atoms. The minimum atomic E-state index is -0.245. The molecule has 0 amide bonds. The van der Waals surface area contributed by atoms with E-state index in [9.17, 15) is 9.59 Å². The first-order valence-electron chi connectivity index (χ1n) is 13.3. The van der Waals surface area contributed by atoms with E-state index >= 15 is 0 Å². The van der Waals surface area contributed by atoms with Crippen molar-refractivity contribution in [3.05, 3.63) is 116 Å². The van der Waals surface area contributed by atoms with Gasteiger partial charge < -0.3 is 9.47 Å². The zero-order valence-electron chi connectivity index (χ0n) is 23.3. The lowest BCUT2D eigenvalue weighted by molar-refractivity contribution is 0.426. The maximum absolute atomic E-state index is 13.7. The van der Waals surface area contributed by atoms with Crippen molar-refractivity contribution in [1.29, 1.82) is 0 Å². The fraction of sp³-hybridized carbons (Fsp3) is 0.0625. The van der Waals surface area contributed by atoms with Gasteiger partial charge in [0.05, 0.1) is 22.4 Å². The fourth-order valence-electron chi connectivity index (χ4n) is 4.63. The van der Waals surface area contributed by atoms with E-state index < -0.39 is 0 Å². The summed E-state index contributed by atoms with van der Waals surface area (Å²) in [6.07, 6.45) is 4.01. The molecular formula is C32H22N4O4S4. The van der Waals surface area contributed by atoms with E-state index in [-0.39, 0.29) is 23.1 Å². The molecule has 0 fully saturated rings. The van der Waals surface area contributed by atoms with Crippen LogP contribution in [0.15, 0.2) is 115 Å². The Labute approximate surface area is 267 Å². The largest absolute Gasteiger partial charge is 0.425 e. The highest BCUT2D eigenvalue weighted by molar-refractivity contribution is 7.98. The summed E-state index contributed by atoms with van der Waals surface area (Å²) < 4.78 is 16.2. The van der Waals surface area contributed by atoms with Crippen molar-refractivity contribution in [2.45, 2.75) is 9.79 Å². The molecule has 0 atom stereocenters. The summed E-state index contributed by atoms with van der Waals surface area (Å²) in [4.78, 5) is 38.9. The first-order chi connectivity index (χ1) is 21.5. The second-order valence-electron chi connectivity index (χ2n) is 9.41. The lowest BCUT2D eigenvalue weighted by atomic mass is 10.2. The van der Waals surface area contributed by atoms with Crippen molar-refractivity contribution in [2.24, 2.45) is 0 Å². The van der Waals surface area contributed by atoms with Crippen LogP contribution in [0.5, 0.6) is 23.5 Å². The molecule has 0 spiro atoms. The third kappa shape index (κ3) is 5.30. The molecule has 0 N–H and O–H groups in total. The molecule has 218 valence electrons. The van der Waals surface area contributed by atoms with Gasteiger partial charge in [-0.15, -0.1) is 46.2 Å². The molecule has 7 rings (SSSR count). The molecule has 4 aromatic heterocycles. The maximum Gasteiger partial charge on any atom is 0.310 e. The standard InChI is InChI=1S/C32H22N4O4S4/c1-41-23-11-7-21(8-12-23)39-31-33-25-15-17-43-27(25)29(37)35(31)19-3-5-20(6-4-19)36-30(38)28-26(16-18-44-28)34-32(36)40-22-9-13-24(42-2)14-10-22/h3-18H,1-2H3. The van der Waals surface area contributed by atoms with Gasteiger partial charge in [0.15, 0.2) is 0 Å². The number of fused-ring (bicyclic) bond motifs is 2. The number of nitrogens with zero attached hydrogens (tertiary/aromatic N) is 4. The Morgan fingerprint density at radius 1 is 0.568 bits per heavy atom. The van der Waals surface area contributed by atoms with Crippen LogP contribution < -0.4 is 20.6 Å². The summed E-state index contributed by atoms with van der Waals surface area (Å²) in [7, 11) is 0. The van der Waals surface area contributed by atoms with Gasteiger partial charge >= 0.3 is 12.0 Å². The van der Waals surface area contributed by atoms with E-state index in [1.54, 1.807) is 59.9 Å². The Bertz CT molecular complexity index is 2080. The molecule has 0 saturated heterocycles. The fourth-order valence-corrected chi connectivity index (χ4v) is 6.96. The number of hydrogen-bond donors (Lipinski definition) is 0. The van der Waals surface area contributed by atoms with Crippen LogP contribution in [0.4, 0.5) is 0 Å². The third-order valence-electron chi connectivity index (χ3n) is 6.80. The highest BCUT2D eigenvalue weighted by atomic mass is 32.2. The van der Waals surface area contributed by atoms with Crippen LogP contribution in [0.2, 0.25) is 0 Å². The van der Waals surface area contributed by atoms with Crippen LogP contribution in [-0.2, 0) is 0 Å². The van der Waals surface area contributed by atoms with Crippen molar-refractivity contribution < 1.29 is 9.47 Å². The Kier molecular flexibility index (Phi) is 7.73.